The van der Waals surface area contributed by atoms with E-state index in [-0.39, 0.29) is 11.7 Å². The summed E-state index contributed by atoms with van der Waals surface area (Å²) in [5, 5.41) is 0. The summed E-state index contributed by atoms with van der Waals surface area (Å²) >= 11 is 0. The van der Waals surface area contributed by atoms with Crippen LogP contribution in [0.2, 0.25) is 0 Å². The molecule has 0 spiro atoms. The van der Waals surface area contributed by atoms with Gasteiger partial charge >= 0.3 is 6.36 Å². The van der Waals surface area contributed by atoms with Gasteiger partial charge in [-0.15, -0.1) is 13.2 Å². The zero-order chi connectivity index (χ0) is 23.2. The van der Waals surface area contributed by atoms with Crippen molar-refractivity contribution in [2.75, 3.05) is 32.7 Å². The van der Waals surface area contributed by atoms with Crippen LogP contribution in [-0.2, 0) is 4.79 Å². The van der Waals surface area contributed by atoms with Gasteiger partial charge in [-0.1, -0.05) is 0 Å². The zero-order valence-electron chi connectivity index (χ0n) is 18.6. The predicted octanol–water partition coefficient (Wildman–Crippen LogP) is 3.52. The first-order chi connectivity index (χ1) is 15.8. The Balaban J connectivity index is 1.15. The number of likely N-dealkylation sites (tertiary alicyclic amines) is 2. The maximum atomic E-state index is 12.8. The van der Waals surface area contributed by atoms with E-state index < -0.39 is 6.36 Å². The van der Waals surface area contributed by atoms with Crippen LogP contribution in [0.3, 0.4) is 0 Å². The Kier molecular flexibility index (Phi) is 6.01. The molecule has 0 aromatic heterocycles. The Bertz CT molecular complexity index is 883. The Morgan fingerprint density at radius 1 is 1.00 bits per heavy atom. The predicted molar refractivity (Wildman–Crippen MR) is 115 cm³/mol. The van der Waals surface area contributed by atoms with E-state index >= 15 is 0 Å². The maximum Gasteiger partial charge on any atom is 0.573 e. The van der Waals surface area contributed by atoms with Crippen LogP contribution in [0, 0.1) is 11.8 Å². The number of piperidine rings is 4. The zero-order valence-corrected chi connectivity index (χ0v) is 18.6. The van der Waals surface area contributed by atoms with Crippen molar-refractivity contribution in [2.24, 2.45) is 11.8 Å². The summed E-state index contributed by atoms with van der Waals surface area (Å²) in [5.74, 6) is 0.947. The van der Waals surface area contributed by atoms with Crippen molar-refractivity contribution in [3.05, 3.63) is 29.8 Å². The van der Waals surface area contributed by atoms with Gasteiger partial charge in [-0.25, -0.2) is 0 Å². The van der Waals surface area contributed by atoms with E-state index in [1.165, 1.54) is 30.7 Å². The number of nitrogens with zero attached hydrogens (tertiary/aromatic N) is 3. The molecular formula is C24H30F3N3O3. The molecule has 0 aliphatic carbocycles. The van der Waals surface area contributed by atoms with Gasteiger partial charge in [-0.05, 0) is 68.2 Å². The van der Waals surface area contributed by atoms with Crippen molar-refractivity contribution in [2.45, 2.75) is 57.0 Å². The van der Waals surface area contributed by atoms with E-state index in [0.29, 0.717) is 54.9 Å². The molecule has 1 aromatic carbocycles. The summed E-state index contributed by atoms with van der Waals surface area (Å²) in [6, 6.07) is 5.97. The molecular weight excluding hydrogens is 435 g/mol. The SMILES string of the molecule is O=C(c1ccc(OC(F)(F)F)cc1)N1CCC(N2CC3CC(C2)[C@H]2CCCC(=O)N2C3)CC1. The third-order valence-electron chi connectivity index (χ3n) is 7.81. The van der Waals surface area contributed by atoms with Gasteiger partial charge in [-0.3, -0.25) is 14.5 Å². The first-order valence-corrected chi connectivity index (χ1v) is 12.0. The van der Waals surface area contributed by atoms with Crippen LogP contribution in [-0.4, -0.2) is 77.7 Å². The summed E-state index contributed by atoms with van der Waals surface area (Å²) in [4.78, 5) is 31.7. The number of alkyl halides is 3. The molecule has 180 valence electrons. The Labute approximate surface area is 191 Å². The highest BCUT2D eigenvalue weighted by molar-refractivity contribution is 5.94. The number of hydrogen-bond donors (Lipinski definition) is 0. The first-order valence-electron chi connectivity index (χ1n) is 12.0. The maximum absolute atomic E-state index is 12.8. The van der Waals surface area contributed by atoms with E-state index in [0.717, 1.165) is 45.3 Å². The van der Waals surface area contributed by atoms with Crippen LogP contribution in [0.25, 0.3) is 0 Å². The Hall–Kier alpha value is -2.29. The van der Waals surface area contributed by atoms with Crippen molar-refractivity contribution < 1.29 is 27.5 Å². The molecule has 4 aliphatic rings. The summed E-state index contributed by atoms with van der Waals surface area (Å²) in [5.41, 5.74) is 0.373. The molecule has 2 unspecified atom stereocenters. The van der Waals surface area contributed by atoms with E-state index in [9.17, 15) is 22.8 Å². The quantitative estimate of drug-likeness (QED) is 0.686. The van der Waals surface area contributed by atoms with E-state index in [1.54, 1.807) is 4.90 Å². The van der Waals surface area contributed by atoms with Gasteiger partial charge in [0.15, 0.2) is 0 Å². The smallest absolute Gasteiger partial charge is 0.406 e. The highest BCUT2D eigenvalue weighted by Gasteiger charge is 2.45. The molecule has 0 radical (unpaired) electrons. The number of halogens is 3. The number of amides is 2. The van der Waals surface area contributed by atoms with Crippen molar-refractivity contribution in [3.8, 4) is 5.75 Å². The highest BCUT2D eigenvalue weighted by atomic mass is 19.4. The number of ether oxygens (including phenoxy) is 1. The minimum atomic E-state index is -4.74. The third kappa shape index (κ3) is 4.83. The molecule has 1 aromatic rings. The standard InChI is InChI=1S/C24H30F3N3O3/c25-24(26,27)33-20-6-4-17(5-7-20)23(32)28-10-8-19(9-11-28)29-13-16-12-18(15-29)21-2-1-3-22(31)30(21)14-16/h4-7,16,18-19,21H,1-3,8-15H2/t16?,18?,21-/m1/s1. The number of fused-ring (bicyclic) bond motifs is 4. The minimum Gasteiger partial charge on any atom is -0.406 e. The fraction of sp³-hybridized carbons (Fsp3) is 0.667. The fourth-order valence-corrected chi connectivity index (χ4v) is 6.36. The highest BCUT2D eigenvalue weighted by Crippen LogP contribution is 2.39. The van der Waals surface area contributed by atoms with Gasteiger partial charge in [0.2, 0.25) is 5.91 Å². The molecule has 9 heteroatoms. The lowest BCUT2D eigenvalue weighted by Gasteiger charge is -2.54. The number of hydrogen-bond acceptors (Lipinski definition) is 4. The Morgan fingerprint density at radius 2 is 1.73 bits per heavy atom. The van der Waals surface area contributed by atoms with Crippen LogP contribution >= 0.6 is 0 Å². The number of carbonyl (C=O) groups is 2. The van der Waals surface area contributed by atoms with Crippen LogP contribution < -0.4 is 4.74 Å². The molecule has 2 amide bonds. The largest absolute Gasteiger partial charge is 0.573 e. The summed E-state index contributed by atoms with van der Waals surface area (Å²) in [7, 11) is 0. The molecule has 2 bridgehead atoms. The first kappa shape index (κ1) is 22.5. The van der Waals surface area contributed by atoms with Crippen LogP contribution in [0.1, 0.15) is 48.9 Å². The lowest BCUT2D eigenvalue weighted by molar-refractivity contribution is -0.274. The number of benzene rings is 1. The lowest BCUT2D eigenvalue weighted by atomic mass is 9.75. The van der Waals surface area contributed by atoms with Crippen molar-refractivity contribution >= 4 is 11.8 Å². The monoisotopic (exact) mass is 465 g/mol. The van der Waals surface area contributed by atoms with Gasteiger partial charge in [0.25, 0.3) is 5.91 Å². The second kappa shape index (κ2) is 8.81. The summed E-state index contributed by atoms with van der Waals surface area (Å²) in [6.45, 7) is 4.23. The normalized spacial score (nSPS) is 29.1. The topological polar surface area (TPSA) is 53.1 Å². The molecule has 3 atom stereocenters. The van der Waals surface area contributed by atoms with Crippen LogP contribution in [0.15, 0.2) is 24.3 Å². The van der Waals surface area contributed by atoms with Gasteiger partial charge in [-0.2, -0.15) is 0 Å². The molecule has 4 saturated heterocycles. The molecule has 0 saturated carbocycles. The van der Waals surface area contributed by atoms with Crippen LogP contribution in [0.5, 0.6) is 5.75 Å². The average Bonchev–Trinajstić information content (AvgIpc) is 2.79. The molecule has 33 heavy (non-hydrogen) atoms. The second-order valence-electron chi connectivity index (χ2n) is 9.92. The fourth-order valence-electron chi connectivity index (χ4n) is 6.36. The number of carbonyl (C=O) groups excluding carboxylic acids is 2. The minimum absolute atomic E-state index is 0.154. The summed E-state index contributed by atoms with van der Waals surface area (Å²) in [6.07, 6.45) is 1.09. The molecule has 4 aliphatic heterocycles. The number of rotatable bonds is 3. The molecule has 4 fully saturated rings. The van der Waals surface area contributed by atoms with E-state index in [4.69, 9.17) is 0 Å². The third-order valence-corrected chi connectivity index (χ3v) is 7.81. The summed E-state index contributed by atoms with van der Waals surface area (Å²) < 4.78 is 40.9. The van der Waals surface area contributed by atoms with E-state index in [1.807, 2.05) is 0 Å². The Morgan fingerprint density at radius 3 is 2.42 bits per heavy atom. The van der Waals surface area contributed by atoms with Gasteiger partial charge in [0, 0.05) is 56.8 Å². The van der Waals surface area contributed by atoms with Gasteiger partial charge in [0.1, 0.15) is 5.75 Å². The van der Waals surface area contributed by atoms with E-state index in [2.05, 4.69) is 14.5 Å². The lowest BCUT2D eigenvalue weighted by Crippen LogP contribution is -2.62. The molecule has 0 N–H and O–H groups in total. The van der Waals surface area contributed by atoms with Crippen molar-refractivity contribution in [3.63, 3.8) is 0 Å². The van der Waals surface area contributed by atoms with Crippen molar-refractivity contribution in [1.29, 1.82) is 0 Å². The molecule has 5 rings (SSSR count). The van der Waals surface area contributed by atoms with Crippen molar-refractivity contribution in [1.82, 2.24) is 14.7 Å². The van der Waals surface area contributed by atoms with Gasteiger partial charge in [0.05, 0.1) is 0 Å². The second-order valence-corrected chi connectivity index (χ2v) is 9.92. The molecule has 6 nitrogen and oxygen atoms in total. The average molecular weight is 466 g/mol. The van der Waals surface area contributed by atoms with Gasteiger partial charge < -0.3 is 14.5 Å². The van der Waals surface area contributed by atoms with Crippen LogP contribution in [0.4, 0.5) is 13.2 Å². The molecule has 4 heterocycles.